The molecule has 6 nitrogen and oxygen atoms in total. The Kier molecular flexibility index (Phi) is 3.89. The van der Waals surface area contributed by atoms with Gasteiger partial charge in [0.05, 0.1) is 22.0 Å². The molecule has 0 saturated carbocycles. The van der Waals surface area contributed by atoms with Crippen molar-refractivity contribution in [3.8, 4) is 22.5 Å². The maximum absolute atomic E-state index is 12.5. The number of hydrogen-bond acceptors (Lipinski definition) is 4. The maximum Gasteiger partial charge on any atom is 0.242 e. The summed E-state index contributed by atoms with van der Waals surface area (Å²) >= 11 is 0. The van der Waals surface area contributed by atoms with E-state index in [1.165, 1.54) is 18.4 Å². The van der Waals surface area contributed by atoms with Gasteiger partial charge in [0.1, 0.15) is 5.82 Å². The van der Waals surface area contributed by atoms with E-state index in [2.05, 4.69) is 17.1 Å². The predicted octanol–water partition coefficient (Wildman–Crippen LogP) is 3.51. The Balaban J connectivity index is 1.70. The van der Waals surface area contributed by atoms with Crippen LogP contribution in [0.4, 0.5) is 0 Å². The molecule has 0 fully saturated rings. The van der Waals surface area contributed by atoms with Crippen LogP contribution >= 0.6 is 0 Å². The number of aromatic nitrogens is 2. The zero-order valence-electron chi connectivity index (χ0n) is 16.0. The summed E-state index contributed by atoms with van der Waals surface area (Å²) in [5, 5.41) is 0. The first-order chi connectivity index (χ1) is 13.9. The predicted molar refractivity (Wildman–Crippen MR) is 114 cm³/mol. The average Bonchev–Trinajstić information content (AvgIpc) is 3.27. The van der Waals surface area contributed by atoms with E-state index in [0.717, 1.165) is 27.8 Å². The number of fused-ring (bicyclic) bond motifs is 4. The number of aromatic amines is 1. The van der Waals surface area contributed by atoms with Crippen LogP contribution in [0.1, 0.15) is 17.2 Å². The van der Waals surface area contributed by atoms with E-state index in [1.807, 2.05) is 30.3 Å². The fourth-order valence-corrected chi connectivity index (χ4v) is 4.91. The fourth-order valence-electron chi connectivity index (χ4n) is 3.98. The Morgan fingerprint density at radius 3 is 2.48 bits per heavy atom. The summed E-state index contributed by atoms with van der Waals surface area (Å²) in [6, 6.07) is 19.0. The van der Waals surface area contributed by atoms with Crippen LogP contribution in [-0.2, 0) is 10.0 Å². The van der Waals surface area contributed by atoms with E-state index in [1.54, 1.807) is 18.2 Å². The third-order valence-corrected chi connectivity index (χ3v) is 7.30. The third-order valence-electron chi connectivity index (χ3n) is 5.48. The van der Waals surface area contributed by atoms with Crippen molar-refractivity contribution in [1.29, 1.82) is 0 Å². The first kappa shape index (κ1) is 18.1. The molecule has 1 heterocycles. The second-order valence-corrected chi connectivity index (χ2v) is 9.54. The molecule has 7 heteroatoms. The van der Waals surface area contributed by atoms with Gasteiger partial charge in [0.25, 0.3) is 0 Å². The Morgan fingerprint density at radius 1 is 0.966 bits per heavy atom. The minimum Gasteiger partial charge on any atom is -0.338 e. The van der Waals surface area contributed by atoms with Crippen LogP contribution in [0, 0.1) is 0 Å². The summed E-state index contributed by atoms with van der Waals surface area (Å²) in [6.45, 7) is 0. The number of H-pyrrole nitrogens is 1. The molecule has 3 aromatic carbocycles. The van der Waals surface area contributed by atoms with Crippen molar-refractivity contribution < 1.29 is 8.42 Å². The van der Waals surface area contributed by atoms with Gasteiger partial charge in [0, 0.05) is 19.7 Å². The number of nitrogens with zero attached hydrogens (tertiary/aromatic N) is 2. The van der Waals surface area contributed by atoms with Gasteiger partial charge in [0.2, 0.25) is 10.0 Å². The second-order valence-electron chi connectivity index (χ2n) is 7.39. The van der Waals surface area contributed by atoms with Crippen LogP contribution in [0.3, 0.4) is 0 Å². The number of nitrogens with one attached hydrogen (secondary N) is 1. The monoisotopic (exact) mass is 404 g/mol. The van der Waals surface area contributed by atoms with Crippen LogP contribution in [0.2, 0.25) is 0 Å². The SMILES string of the molecule is CN(C)S(=O)(=O)c1ccc2nc(-c3cccc4c3-c3ccccc3C4N)[nH]c2c1. The van der Waals surface area contributed by atoms with Crippen LogP contribution < -0.4 is 5.73 Å². The zero-order valence-corrected chi connectivity index (χ0v) is 16.9. The summed E-state index contributed by atoms with van der Waals surface area (Å²) in [7, 11) is -0.472. The van der Waals surface area contributed by atoms with Gasteiger partial charge in [-0.25, -0.2) is 17.7 Å². The minimum atomic E-state index is -3.51. The van der Waals surface area contributed by atoms with Gasteiger partial charge in [-0.2, -0.15) is 0 Å². The Bertz CT molecular complexity index is 1370. The molecule has 0 spiro atoms. The number of benzene rings is 3. The lowest BCUT2D eigenvalue weighted by molar-refractivity contribution is 0.521. The lowest BCUT2D eigenvalue weighted by atomic mass is 9.99. The van der Waals surface area contributed by atoms with Gasteiger partial charge >= 0.3 is 0 Å². The molecule has 4 aromatic rings. The minimum absolute atomic E-state index is 0.164. The van der Waals surface area contributed by atoms with Gasteiger partial charge in [-0.05, 0) is 40.5 Å². The third kappa shape index (κ3) is 2.62. The molecular weight excluding hydrogens is 384 g/mol. The quantitative estimate of drug-likeness (QED) is 0.547. The highest BCUT2D eigenvalue weighted by molar-refractivity contribution is 7.89. The molecule has 29 heavy (non-hydrogen) atoms. The lowest BCUT2D eigenvalue weighted by Crippen LogP contribution is -2.22. The summed E-state index contributed by atoms with van der Waals surface area (Å²) in [6.07, 6.45) is 0. The Labute approximate surface area is 169 Å². The molecule has 146 valence electrons. The largest absolute Gasteiger partial charge is 0.338 e. The molecule has 1 aliphatic rings. The topological polar surface area (TPSA) is 92.1 Å². The Morgan fingerprint density at radius 2 is 1.69 bits per heavy atom. The molecule has 0 saturated heterocycles. The van der Waals surface area contributed by atoms with Gasteiger partial charge in [0.15, 0.2) is 0 Å². The smallest absolute Gasteiger partial charge is 0.242 e. The molecule has 0 radical (unpaired) electrons. The highest BCUT2D eigenvalue weighted by atomic mass is 32.2. The molecule has 5 rings (SSSR count). The molecule has 1 atom stereocenters. The molecule has 1 aromatic heterocycles. The lowest BCUT2D eigenvalue weighted by Gasteiger charge is -2.10. The molecule has 1 aliphatic carbocycles. The van der Waals surface area contributed by atoms with E-state index >= 15 is 0 Å². The first-order valence-corrected chi connectivity index (χ1v) is 10.7. The number of nitrogens with two attached hydrogens (primary N) is 1. The van der Waals surface area contributed by atoms with Crippen LogP contribution in [0.25, 0.3) is 33.5 Å². The van der Waals surface area contributed by atoms with E-state index < -0.39 is 10.0 Å². The van der Waals surface area contributed by atoms with Crippen molar-refractivity contribution in [2.24, 2.45) is 5.73 Å². The van der Waals surface area contributed by atoms with Crippen LogP contribution in [0.5, 0.6) is 0 Å². The first-order valence-electron chi connectivity index (χ1n) is 9.28. The van der Waals surface area contributed by atoms with E-state index in [4.69, 9.17) is 10.7 Å². The molecule has 1 unspecified atom stereocenters. The Hall–Kier alpha value is -3.00. The average molecular weight is 404 g/mol. The van der Waals surface area contributed by atoms with Crippen LogP contribution in [-0.4, -0.2) is 36.8 Å². The maximum atomic E-state index is 12.5. The van der Waals surface area contributed by atoms with E-state index in [0.29, 0.717) is 16.9 Å². The molecule has 0 aliphatic heterocycles. The zero-order chi connectivity index (χ0) is 20.3. The number of hydrogen-bond donors (Lipinski definition) is 2. The van der Waals surface area contributed by atoms with Crippen LogP contribution in [0.15, 0.2) is 65.6 Å². The summed E-state index contributed by atoms with van der Waals surface area (Å²) in [4.78, 5) is 8.26. The van der Waals surface area contributed by atoms with Crippen molar-refractivity contribution in [1.82, 2.24) is 14.3 Å². The van der Waals surface area contributed by atoms with Crippen molar-refractivity contribution >= 4 is 21.1 Å². The highest BCUT2D eigenvalue weighted by Gasteiger charge is 2.28. The van der Waals surface area contributed by atoms with Crippen molar-refractivity contribution in [3.05, 3.63) is 71.8 Å². The molecule has 3 N–H and O–H groups in total. The second kappa shape index (κ2) is 6.25. The van der Waals surface area contributed by atoms with Crippen molar-refractivity contribution in [2.75, 3.05) is 14.1 Å². The number of sulfonamides is 1. The van der Waals surface area contributed by atoms with Gasteiger partial charge in [-0.1, -0.05) is 42.5 Å². The van der Waals surface area contributed by atoms with Gasteiger partial charge in [-0.3, -0.25) is 0 Å². The number of rotatable bonds is 3. The van der Waals surface area contributed by atoms with Gasteiger partial charge in [-0.15, -0.1) is 0 Å². The summed E-state index contributed by atoms with van der Waals surface area (Å²) in [5.74, 6) is 0.695. The van der Waals surface area contributed by atoms with Crippen molar-refractivity contribution in [3.63, 3.8) is 0 Å². The summed E-state index contributed by atoms with van der Waals surface area (Å²) in [5.41, 5.74) is 13.2. The molecule has 0 amide bonds. The van der Waals surface area contributed by atoms with Crippen molar-refractivity contribution in [2.45, 2.75) is 10.9 Å². The standard InChI is InChI=1S/C22H20N4O2S/c1-26(2)29(27,28)13-10-11-18-19(12-13)25-22(24-18)17-9-5-8-16-20(17)14-6-3-4-7-15(14)21(16)23/h3-12,21H,23H2,1-2H3,(H,24,25). The summed E-state index contributed by atoms with van der Waals surface area (Å²) < 4.78 is 26.1. The molecular formula is C22H20N4O2S. The highest BCUT2D eigenvalue weighted by Crippen LogP contribution is 2.46. The molecule has 0 bridgehead atoms. The van der Waals surface area contributed by atoms with E-state index in [-0.39, 0.29) is 10.9 Å². The normalized spacial score (nSPS) is 15.7. The number of imidazole rings is 1. The van der Waals surface area contributed by atoms with Gasteiger partial charge < -0.3 is 10.7 Å². The van der Waals surface area contributed by atoms with E-state index in [9.17, 15) is 8.42 Å². The fraction of sp³-hybridized carbons (Fsp3) is 0.136.